The number of unbranched alkanes of at least 4 members (excludes halogenated alkanes) is 4. The van der Waals surface area contributed by atoms with E-state index >= 15 is 0 Å². The lowest BCUT2D eigenvalue weighted by atomic mass is 10.1. The summed E-state index contributed by atoms with van der Waals surface area (Å²) in [6.45, 7) is 6.49. The lowest BCUT2D eigenvalue weighted by molar-refractivity contribution is 0.0734. The summed E-state index contributed by atoms with van der Waals surface area (Å²) in [7, 11) is 0. The van der Waals surface area contributed by atoms with Gasteiger partial charge in [-0.3, -0.25) is 0 Å². The maximum Gasteiger partial charge on any atom is 0.343 e. The van der Waals surface area contributed by atoms with Crippen molar-refractivity contribution in [1.82, 2.24) is 0 Å². The Kier molecular flexibility index (Phi) is 9.61. The third kappa shape index (κ3) is 7.75. The minimum atomic E-state index is -0.346. The van der Waals surface area contributed by atoms with Gasteiger partial charge in [0.15, 0.2) is 0 Å². The molecule has 152 valence electrons. The van der Waals surface area contributed by atoms with Crippen molar-refractivity contribution in [3.05, 3.63) is 59.7 Å². The van der Waals surface area contributed by atoms with Gasteiger partial charge in [0.25, 0.3) is 0 Å². The first-order valence-electron chi connectivity index (χ1n) is 10.7. The molecule has 0 amide bonds. The molecule has 1 unspecified atom stereocenters. The summed E-state index contributed by atoms with van der Waals surface area (Å²) in [6.07, 6.45) is 9.59. The average molecular weight is 383 g/mol. The Morgan fingerprint density at radius 3 is 2.07 bits per heavy atom. The second-order valence-corrected chi connectivity index (χ2v) is 7.44. The smallest absolute Gasteiger partial charge is 0.343 e. The maximum absolute atomic E-state index is 12.4. The van der Waals surface area contributed by atoms with Crippen LogP contribution < -0.4 is 9.47 Å². The molecule has 3 nitrogen and oxygen atoms in total. The van der Waals surface area contributed by atoms with Gasteiger partial charge in [0.1, 0.15) is 11.5 Å². The van der Waals surface area contributed by atoms with Crippen LogP contribution in [0.4, 0.5) is 0 Å². The highest BCUT2D eigenvalue weighted by molar-refractivity contribution is 5.91. The molecule has 0 heterocycles. The first-order valence-corrected chi connectivity index (χ1v) is 10.7. The largest absolute Gasteiger partial charge is 0.491 e. The van der Waals surface area contributed by atoms with Crippen LogP contribution in [0.15, 0.2) is 48.5 Å². The topological polar surface area (TPSA) is 35.5 Å². The molecule has 0 saturated carbocycles. The van der Waals surface area contributed by atoms with Crippen LogP contribution in [0.1, 0.15) is 81.6 Å². The van der Waals surface area contributed by atoms with Crippen LogP contribution in [0.25, 0.3) is 0 Å². The quantitative estimate of drug-likeness (QED) is 0.225. The number of aryl methyl sites for hydroxylation is 1. The van der Waals surface area contributed by atoms with Crippen molar-refractivity contribution in [2.45, 2.75) is 78.2 Å². The average Bonchev–Trinajstić information content (AvgIpc) is 2.70. The molecule has 1 atom stereocenters. The van der Waals surface area contributed by atoms with Crippen LogP contribution in [0, 0.1) is 0 Å². The number of hydrogen-bond acceptors (Lipinski definition) is 3. The molecule has 0 spiro atoms. The predicted octanol–water partition coefficient (Wildman–Crippen LogP) is 6.99. The molecule has 0 aliphatic carbocycles. The molecule has 2 rings (SSSR count). The van der Waals surface area contributed by atoms with E-state index in [2.05, 4.69) is 20.8 Å². The van der Waals surface area contributed by atoms with Gasteiger partial charge in [0.2, 0.25) is 0 Å². The number of carbonyl (C=O) groups is 1. The molecule has 2 aromatic carbocycles. The standard InChI is InChI=1S/C25H34O3/c1-4-6-8-10-20(3)27-23-18-14-22(15-19-23)25(26)28-24-16-12-21(13-17-24)11-9-7-5-2/h12-20H,4-11H2,1-3H3. The molecule has 0 N–H and O–H groups in total. The van der Waals surface area contributed by atoms with E-state index in [1.807, 2.05) is 36.4 Å². The molecule has 0 fully saturated rings. The van der Waals surface area contributed by atoms with Gasteiger partial charge >= 0.3 is 5.97 Å². The maximum atomic E-state index is 12.4. The van der Waals surface area contributed by atoms with Crippen molar-refractivity contribution in [2.24, 2.45) is 0 Å². The Morgan fingerprint density at radius 2 is 1.43 bits per heavy atom. The Bertz CT molecular complexity index is 689. The minimum absolute atomic E-state index is 0.181. The highest BCUT2D eigenvalue weighted by Crippen LogP contribution is 2.19. The van der Waals surface area contributed by atoms with Gasteiger partial charge < -0.3 is 9.47 Å². The molecule has 3 heteroatoms. The Balaban J connectivity index is 1.83. The van der Waals surface area contributed by atoms with Gasteiger partial charge in [0, 0.05) is 0 Å². The van der Waals surface area contributed by atoms with Gasteiger partial charge in [-0.15, -0.1) is 0 Å². The van der Waals surface area contributed by atoms with Gasteiger partial charge in [-0.2, -0.15) is 0 Å². The molecule has 0 aliphatic rings. The summed E-state index contributed by atoms with van der Waals surface area (Å²) >= 11 is 0. The molecule has 2 aromatic rings. The van der Waals surface area contributed by atoms with Crippen molar-refractivity contribution in [3.63, 3.8) is 0 Å². The second-order valence-electron chi connectivity index (χ2n) is 7.44. The fourth-order valence-corrected chi connectivity index (χ4v) is 3.11. The number of hydrogen-bond donors (Lipinski definition) is 0. The van der Waals surface area contributed by atoms with E-state index in [-0.39, 0.29) is 12.1 Å². The highest BCUT2D eigenvalue weighted by atomic mass is 16.5. The van der Waals surface area contributed by atoms with Crippen molar-refractivity contribution in [3.8, 4) is 11.5 Å². The Labute approximate surface area is 170 Å². The highest BCUT2D eigenvalue weighted by Gasteiger charge is 2.10. The fraction of sp³-hybridized carbons (Fsp3) is 0.480. The van der Waals surface area contributed by atoms with E-state index in [0.717, 1.165) is 18.6 Å². The van der Waals surface area contributed by atoms with Gasteiger partial charge in [-0.25, -0.2) is 4.79 Å². The lowest BCUT2D eigenvalue weighted by Gasteiger charge is -2.14. The van der Waals surface area contributed by atoms with E-state index in [4.69, 9.17) is 9.47 Å². The second kappa shape index (κ2) is 12.2. The van der Waals surface area contributed by atoms with Crippen molar-refractivity contribution in [1.29, 1.82) is 0 Å². The number of esters is 1. The van der Waals surface area contributed by atoms with Crippen LogP contribution in [0.5, 0.6) is 11.5 Å². The zero-order valence-corrected chi connectivity index (χ0v) is 17.6. The van der Waals surface area contributed by atoms with Gasteiger partial charge in [-0.1, -0.05) is 51.7 Å². The van der Waals surface area contributed by atoms with Gasteiger partial charge in [0.05, 0.1) is 11.7 Å². The van der Waals surface area contributed by atoms with Crippen LogP contribution in [-0.2, 0) is 6.42 Å². The predicted molar refractivity (Wildman–Crippen MR) is 115 cm³/mol. The van der Waals surface area contributed by atoms with Crippen molar-refractivity contribution >= 4 is 5.97 Å². The van der Waals surface area contributed by atoms with E-state index in [0.29, 0.717) is 11.3 Å². The molecule has 0 aliphatic heterocycles. The summed E-state index contributed by atoms with van der Waals surface area (Å²) in [5.74, 6) is 1.02. The number of ether oxygens (including phenoxy) is 2. The summed E-state index contributed by atoms with van der Waals surface area (Å²) in [4.78, 5) is 12.4. The summed E-state index contributed by atoms with van der Waals surface area (Å²) in [5, 5.41) is 0. The number of benzene rings is 2. The number of carbonyl (C=O) groups excluding carboxylic acids is 1. The SMILES string of the molecule is CCCCCc1ccc(OC(=O)c2ccc(OC(C)CCCCC)cc2)cc1. The van der Waals surface area contributed by atoms with Crippen molar-refractivity contribution in [2.75, 3.05) is 0 Å². The monoisotopic (exact) mass is 382 g/mol. The van der Waals surface area contributed by atoms with Gasteiger partial charge in [-0.05, 0) is 74.6 Å². The van der Waals surface area contributed by atoms with Crippen LogP contribution in [0.3, 0.4) is 0 Å². The summed E-state index contributed by atoms with van der Waals surface area (Å²) in [5.41, 5.74) is 1.81. The third-order valence-corrected chi connectivity index (χ3v) is 4.84. The Hall–Kier alpha value is -2.29. The minimum Gasteiger partial charge on any atom is -0.491 e. The van der Waals surface area contributed by atoms with Crippen molar-refractivity contribution < 1.29 is 14.3 Å². The van der Waals surface area contributed by atoms with E-state index in [1.54, 1.807) is 12.1 Å². The molecule has 0 bridgehead atoms. The Morgan fingerprint density at radius 1 is 0.821 bits per heavy atom. The lowest BCUT2D eigenvalue weighted by Crippen LogP contribution is -2.12. The normalized spacial score (nSPS) is 11.8. The van der Waals surface area contributed by atoms with Crippen LogP contribution >= 0.6 is 0 Å². The summed E-state index contributed by atoms with van der Waals surface area (Å²) < 4.78 is 11.4. The molecule has 0 radical (unpaired) electrons. The fourth-order valence-electron chi connectivity index (χ4n) is 3.11. The third-order valence-electron chi connectivity index (χ3n) is 4.84. The van der Waals surface area contributed by atoms with Crippen LogP contribution in [-0.4, -0.2) is 12.1 Å². The first-order chi connectivity index (χ1) is 13.6. The van der Waals surface area contributed by atoms with E-state index in [1.165, 1.54) is 44.1 Å². The molecule has 28 heavy (non-hydrogen) atoms. The summed E-state index contributed by atoms with van der Waals surface area (Å²) in [6, 6.07) is 15.0. The molecular weight excluding hydrogens is 348 g/mol. The zero-order valence-electron chi connectivity index (χ0n) is 17.6. The zero-order chi connectivity index (χ0) is 20.2. The van der Waals surface area contributed by atoms with Crippen LogP contribution in [0.2, 0.25) is 0 Å². The van der Waals surface area contributed by atoms with E-state index in [9.17, 15) is 4.79 Å². The molecular formula is C25H34O3. The molecule has 0 aromatic heterocycles. The van der Waals surface area contributed by atoms with E-state index < -0.39 is 0 Å². The molecule has 0 saturated heterocycles. The first kappa shape index (κ1) is 22.0. The number of rotatable bonds is 12.